The highest BCUT2D eigenvalue weighted by molar-refractivity contribution is 6.01. The second-order valence-corrected chi connectivity index (χ2v) is 5.41. The first-order valence-corrected chi connectivity index (χ1v) is 7.34. The van der Waals surface area contributed by atoms with Gasteiger partial charge in [-0.3, -0.25) is 9.59 Å². The number of ether oxygens (including phenoxy) is 1. The maximum absolute atomic E-state index is 12.0. The normalized spacial score (nSPS) is 13.7. The van der Waals surface area contributed by atoms with Gasteiger partial charge >= 0.3 is 0 Å². The summed E-state index contributed by atoms with van der Waals surface area (Å²) in [5.41, 5.74) is 0.431. The summed E-state index contributed by atoms with van der Waals surface area (Å²) in [7, 11) is 1.57. The third-order valence-corrected chi connectivity index (χ3v) is 3.62. The van der Waals surface area contributed by atoms with Crippen molar-refractivity contribution >= 4 is 22.6 Å². The number of hydrogen-bond donors (Lipinski definition) is 2. The predicted molar refractivity (Wildman–Crippen MR) is 84.0 cm³/mol. The lowest BCUT2D eigenvalue weighted by Crippen LogP contribution is -2.31. The predicted octanol–water partition coefficient (Wildman–Crippen LogP) is 1.86. The molecule has 0 radical (unpaired) electrons. The Bertz CT molecular complexity index is 723. The van der Waals surface area contributed by atoms with Crippen LogP contribution in [0, 0.1) is 0 Å². The molecule has 2 aromatic carbocycles. The van der Waals surface area contributed by atoms with E-state index in [-0.39, 0.29) is 18.4 Å². The van der Waals surface area contributed by atoms with Crippen molar-refractivity contribution in [1.82, 2.24) is 10.6 Å². The molecule has 0 heterocycles. The second-order valence-electron chi connectivity index (χ2n) is 5.41. The van der Waals surface area contributed by atoms with Crippen molar-refractivity contribution in [2.75, 3.05) is 13.7 Å². The minimum Gasteiger partial charge on any atom is -0.483 e. The van der Waals surface area contributed by atoms with Crippen molar-refractivity contribution in [3.63, 3.8) is 0 Å². The molecular weight excluding hydrogens is 280 g/mol. The quantitative estimate of drug-likeness (QED) is 0.885. The zero-order chi connectivity index (χ0) is 15.5. The molecule has 0 aromatic heterocycles. The molecule has 2 amide bonds. The van der Waals surface area contributed by atoms with E-state index in [2.05, 4.69) is 10.6 Å². The van der Waals surface area contributed by atoms with Crippen LogP contribution in [-0.4, -0.2) is 31.5 Å². The van der Waals surface area contributed by atoms with Crippen LogP contribution in [0.15, 0.2) is 36.4 Å². The first-order chi connectivity index (χ1) is 10.7. The van der Waals surface area contributed by atoms with E-state index in [1.54, 1.807) is 19.2 Å². The third-order valence-electron chi connectivity index (χ3n) is 3.62. The Hall–Kier alpha value is -2.56. The highest BCUT2D eigenvalue weighted by Gasteiger charge is 2.23. The molecule has 0 atom stereocenters. The Kier molecular flexibility index (Phi) is 3.96. The molecule has 1 aliphatic carbocycles. The van der Waals surface area contributed by atoms with Crippen LogP contribution >= 0.6 is 0 Å². The van der Waals surface area contributed by atoms with Gasteiger partial charge in [-0.25, -0.2) is 0 Å². The van der Waals surface area contributed by atoms with E-state index < -0.39 is 0 Å². The Morgan fingerprint density at radius 3 is 2.50 bits per heavy atom. The van der Waals surface area contributed by atoms with E-state index in [0.29, 0.717) is 17.4 Å². The Morgan fingerprint density at radius 2 is 1.86 bits per heavy atom. The lowest BCUT2D eigenvalue weighted by molar-refractivity contribution is -0.123. The lowest BCUT2D eigenvalue weighted by atomic mass is 10.1. The number of carbonyl (C=O) groups is 2. The van der Waals surface area contributed by atoms with Gasteiger partial charge in [0.2, 0.25) is 0 Å². The van der Waals surface area contributed by atoms with Gasteiger partial charge in [0.1, 0.15) is 5.75 Å². The van der Waals surface area contributed by atoms with Crippen molar-refractivity contribution in [3.05, 3.63) is 42.0 Å². The number of amides is 2. The first kappa shape index (κ1) is 14.4. The summed E-state index contributed by atoms with van der Waals surface area (Å²) < 4.78 is 5.59. The Balaban J connectivity index is 1.84. The fourth-order valence-corrected chi connectivity index (χ4v) is 2.29. The average Bonchev–Trinajstić information content (AvgIpc) is 3.35. The number of nitrogens with one attached hydrogen (secondary N) is 2. The molecule has 1 aliphatic rings. The average molecular weight is 298 g/mol. The van der Waals surface area contributed by atoms with Gasteiger partial charge in [-0.1, -0.05) is 24.3 Å². The van der Waals surface area contributed by atoms with Crippen LogP contribution in [0.4, 0.5) is 0 Å². The van der Waals surface area contributed by atoms with Gasteiger partial charge in [0.25, 0.3) is 11.8 Å². The molecule has 0 bridgehead atoms. The molecule has 1 saturated carbocycles. The van der Waals surface area contributed by atoms with Crippen LogP contribution in [0.25, 0.3) is 10.8 Å². The SMILES string of the molecule is CNC(=O)c1cc2ccccc2cc1OCC(=O)NC1CC1. The molecule has 0 unspecified atom stereocenters. The smallest absolute Gasteiger partial charge is 0.258 e. The van der Waals surface area contributed by atoms with Crippen molar-refractivity contribution in [1.29, 1.82) is 0 Å². The van der Waals surface area contributed by atoms with Crippen LogP contribution in [0.5, 0.6) is 5.75 Å². The number of carbonyl (C=O) groups excluding carboxylic acids is 2. The van der Waals surface area contributed by atoms with E-state index >= 15 is 0 Å². The fourth-order valence-electron chi connectivity index (χ4n) is 2.29. The zero-order valence-corrected chi connectivity index (χ0v) is 12.4. The highest BCUT2D eigenvalue weighted by Crippen LogP contribution is 2.26. The Morgan fingerprint density at radius 1 is 1.18 bits per heavy atom. The molecule has 0 saturated heterocycles. The standard InChI is InChI=1S/C17H18N2O3/c1-18-17(21)14-8-11-4-2-3-5-12(11)9-15(14)22-10-16(20)19-13-6-7-13/h2-5,8-9,13H,6-7,10H2,1H3,(H,18,21)(H,19,20). The van der Waals surface area contributed by atoms with Gasteiger partial charge in [0, 0.05) is 13.1 Å². The summed E-state index contributed by atoms with van der Waals surface area (Å²) in [6.07, 6.45) is 2.07. The molecule has 22 heavy (non-hydrogen) atoms. The second kappa shape index (κ2) is 6.05. The molecule has 0 aliphatic heterocycles. The van der Waals surface area contributed by atoms with Crippen LogP contribution in [0.1, 0.15) is 23.2 Å². The maximum Gasteiger partial charge on any atom is 0.258 e. The minimum atomic E-state index is -0.233. The fraction of sp³-hybridized carbons (Fsp3) is 0.294. The number of hydrogen-bond acceptors (Lipinski definition) is 3. The summed E-state index contributed by atoms with van der Waals surface area (Å²) in [5.74, 6) is 0.0332. The van der Waals surface area contributed by atoms with Gasteiger partial charge < -0.3 is 15.4 Å². The first-order valence-electron chi connectivity index (χ1n) is 7.34. The summed E-state index contributed by atoms with van der Waals surface area (Å²) in [5, 5.41) is 7.38. The molecular formula is C17H18N2O3. The van der Waals surface area contributed by atoms with Crippen LogP contribution in [0.3, 0.4) is 0 Å². The molecule has 2 aromatic rings. The lowest BCUT2D eigenvalue weighted by Gasteiger charge is -2.12. The topological polar surface area (TPSA) is 67.4 Å². The summed E-state index contributed by atoms with van der Waals surface area (Å²) in [6, 6.07) is 11.6. The monoisotopic (exact) mass is 298 g/mol. The van der Waals surface area contributed by atoms with E-state index in [1.807, 2.05) is 24.3 Å². The van der Waals surface area contributed by atoms with E-state index in [0.717, 1.165) is 23.6 Å². The van der Waals surface area contributed by atoms with Gasteiger partial charge in [0.15, 0.2) is 6.61 Å². The van der Waals surface area contributed by atoms with Crippen LogP contribution < -0.4 is 15.4 Å². The van der Waals surface area contributed by atoms with Crippen molar-refractivity contribution in [3.8, 4) is 5.75 Å². The molecule has 114 valence electrons. The van der Waals surface area contributed by atoms with Gasteiger partial charge in [-0.05, 0) is 35.7 Å². The summed E-state index contributed by atoms with van der Waals surface area (Å²) in [6.45, 7) is -0.0845. The number of rotatable bonds is 5. The Labute approximate surface area is 128 Å². The molecule has 1 fully saturated rings. The minimum absolute atomic E-state index is 0.0845. The van der Waals surface area contributed by atoms with Gasteiger partial charge in [0.05, 0.1) is 5.56 Å². The molecule has 0 spiro atoms. The number of fused-ring (bicyclic) bond motifs is 1. The third kappa shape index (κ3) is 3.19. The molecule has 3 rings (SSSR count). The van der Waals surface area contributed by atoms with Gasteiger partial charge in [-0.15, -0.1) is 0 Å². The van der Waals surface area contributed by atoms with Crippen molar-refractivity contribution in [2.24, 2.45) is 0 Å². The molecule has 5 heteroatoms. The number of benzene rings is 2. The van der Waals surface area contributed by atoms with E-state index in [4.69, 9.17) is 4.74 Å². The zero-order valence-electron chi connectivity index (χ0n) is 12.4. The van der Waals surface area contributed by atoms with Crippen molar-refractivity contribution < 1.29 is 14.3 Å². The van der Waals surface area contributed by atoms with Crippen LogP contribution in [-0.2, 0) is 4.79 Å². The van der Waals surface area contributed by atoms with Crippen molar-refractivity contribution in [2.45, 2.75) is 18.9 Å². The van der Waals surface area contributed by atoms with E-state index in [9.17, 15) is 9.59 Å². The van der Waals surface area contributed by atoms with Crippen LogP contribution in [0.2, 0.25) is 0 Å². The highest BCUT2D eigenvalue weighted by atomic mass is 16.5. The maximum atomic E-state index is 12.0. The largest absolute Gasteiger partial charge is 0.483 e. The van der Waals surface area contributed by atoms with Gasteiger partial charge in [-0.2, -0.15) is 0 Å². The molecule has 2 N–H and O–H groups in total. The molecule has 5 nitrogen and oxygen atoms in total. The summed E-state index contributed by atoms with van der Waals surface area (Å²) >= 11 is 0. The summed E-state index contributed by atoms with van der Waals surface area (Å²) in [4.78, 5) is 23.8. The van der Waals surface area contributed by atoms with E-state index in [1.165, 1.54) is 0 Å².